The van der Waals surface area contributed by atoms with Crippen molar-refractivity contribution in [3.05, 3.63) is 34.3 Å². The Bertz CT molecular complexity index is 496. The molecule has 124 valence electrons. The van der Waals surface area contributed by atoms with Crippen molar-refractivity contribution < 1.29 is 13.6 Å². The molecule has 0 aromatic heterocycles. The van der Waals surface area contributed by atoms with Crippen LogP contribution in [0.4, 0.5) is 8.78 Å². The van der Waals surface area contributed by atoms with Crippen molar-refractivity contribution in [2.24, 2.45) is 5.92 Å². The largest absolute Gasteiger partial charge is 0.352 e. The van der Waals surface area contributed by atoms with Crippen molar-refractivity contribution in [1.82, 2.24) is 10.6 Å². The first-order chi connectivity index (χ1) is 10.1. The summed E-state index contributed by atoms with van der Waals surface area (Å²) in [4.78, 5) is 11.6. The molecule has 1 aliphatic rings. The number of hydrogen-bond acceptors (Lipinski definition) is 2. The average molecular weight is 353 g/mol. The molecule has 1 aliphatic carbocycles. The molecular weight excluding hydrogens is 333 g/mol. The molecule has 0 atom stereocenters. The number of halogens is 4. The Hall–Kier alpha value is -0.910. The second-order valence-corrected chi connectivity index (χ2v) is 5.67. The van der Waals surface area contributed by atoms with Crippen LogP contribution >= 0.6 is 24.0 Å². The van der Waals surface area contributed by atoms with E-state index in [-0.39, 0.29) is 30.8 Å². The van der Waals surface area contributed by atoms with Gasteiger partial charge in [-0.1, -0.05) is 23.7 Å². The molecule has 0 heterocycles. The quantitative estimate of drug-likeness (QED) is 0.705. The molecule has 1 saturated carbocycles. The number of rotatable bonds is 8. The van der Waals surface area contributed by atoms with Crippen LogP contribution in [0.25, 0.3) is 0 Å². The normalized spacial score (nSPS) is 13.8. The van der Waals surface area contributed by atoms with Gasteiger partial charge in [0.15, 0.2) is 0 Å². The molecule has 0 saturated heterocycles. The van der Waals surface area contributed by atoms with Gasteiger partial charge < -0.3 is 10.6 Å². The number of hydrogen-bond donors (Lipinski definition) is 2. The Morgan fingerprint density at radius 2 is 2.09 bits per heavy atom. The lowest BCUT2D eigenvalue weighted by atomic mass is 10.1. The zero-order valence-electron chi connectivity index (χ0n) is 12.1. The Kier molecular flexibility index (Phi) is 8.07. The standard InChI is InChI=1S/C15H19ClF2N2O.ClH/c16-13-4-1-10(5-6-19-9-14(17)18)7-12(13)8-20-15(21)11-2-3-11;/h1,4,7,11,14,19H,2-3,5-6,8-9H2,(H,20,21);1H. The third-order valence-corrected chi connectivity index (χ3v) is 3.77. The van der Waals surface area contributed by atoms with Gasteiger partial charge in [0.25, 0.3) is 6.43 Å². The molecule has 0 bridgehead atoms. The third-order valence-electron chi connectivity index (χ3n) is 3.40. The fourth-order valence-corrected chi connectivity index (χ4v) is 2.22. The van der Waals surface area contributed by atoms with Gasteiger partial charge in [-0.05, 0) is 43.0 Å². The Labute approximate surface area is 140 Å². The smallest absolute Gasteiger partial charge is 0.250 e. The van der Waals surface area contributed by atoms with Crippen LogP contribution in [0.3, 0.4) is 0 Å². The molecule has 0 aliphatic heterocycles. The first-order valence-corrected chi connectivity index (χ1v) is 7.48. The number of carbonyl (C=O) groups excluding carboxylic acids is 1. The summed E-state index contributed by atoms with van der Waals surface area (Å²) < 4.78 is 24.0. The minimum Gasteiger partial charge on any atom is -0.352 e. The van der Waals surface area contributed by atoms with Crippen molar-refractivity contribution in [2.75, 3.05) is 13.1 Å². The second-order valence-electron chi connectivity index (χ2n) is 5.26. The molecule has 1 aromatic rings. The predicted molar refractivity (Wildman–Crippen MR) is 85.8 cm³/mol. The zero-order chi connectivity index (χ0) is 15.2. The van der Waals surface area contributed by atoms with E-state index in [1.807, 2.05) is 12.1 Å². The molecule has 3 nitrogen and oxygen atoms in total. The van der Waals surface area contributed by atoms with Gasteiger partial charge in [0.1, 0.15) is 0 Å². The minimum absolute atomic E-state index is 0. The SMILES string of the molecule is Cl.O=C(NCc1cc(CCNCC(F)F)ccc1Cl)C1CC1. The molecular formula is C15H20Cl2F2N2O. The number of benzene rings is 1. The molecule has 22 heavy (non-hydrogen) atoms. The van der Waals surface area contributed by atoms with Crippen LogP contribution in [-0.4, -0.2) is 25.4 Å². The highest BCUT2D eigenvalue weighted by Gasteiger charge is 2.29. The molecule has 0 unspecified atom stereocenters. The van der Waals surface area contributed by atoms with Gasteiger partial charge in [0, 0.05) is 17.5 Å². The van der Waals surface area contributed by atoms with Crippen LogP contribution < -0.4 is 10.6 Å². The fraction of sp³-hybridized carbons (Fsp3) is 0.533. The average Bonchev–Trinajstić information content (AvgIpc) is 3.27. The summed E-state index contributed by atoms with van der Waals surface area (Å²) in [5.41, 5.74) is 1.87. The van der Waals surface area contributed by atoms with E-state index in [9.17, 15) is 13.6 Å². The van der Waals surface area contributed by atoms with Gasteiger partial charge in [-0.25, -0.2) is 8.78 Å². The van der Waals surface area contributed by atoms with Crippen molar-refractivity contribution >= 4 is 29.9 Å². The summed E-state index contributed by atoms with van der Waals surface area (Å²) in [6.45, 7) is 0.601. The molecule has 1 aromatic carbocycles. The van der Waals surface area contributed by atoms with Crippen LogP contribution in [-0.2, 0) is 17.8 Å². The minimum atomic E-state index is -2.33. The maximum Gasteiger partial charge on any atom is 0.250 e. The van der Waals surface area contributed by atoms with Gasteiger partial charge >= 0.3 is 0 Å². The van der Waals surface area contributed by atoms with E-state index >= 15 is 0 Å². The van der Waals surface area contributed by atoms with Gasteiger partial charge in [0.2, 0.25) is 5.91 Å². The number of nitrogens with one attached hydrogen (secondary N) is 2. The van der Waals surface area contributed by atoms with Crippen molar-refractivity contribution in [2.45, 2.75) is 32.2 Å². The second kappa shape index (κ2) is 9.28. The summed E-state index contributed by atoms with van der Waals surface area (Å²) in [6.07, 6.45) is 0.251. The van der Waals surface area contributed by atoms with Crippen LogP contribution in [0, 0.1) is 5.92 Å². The van der Waals surface area contributed by atoms with Gasteiger partial charge in [0.05, 0.1) is 6.54 Å². The van der Waals surface area contributed by atoms with Crippen LogP contribution in [0.15, 0.2) is 18.2 Å². The molecule has 0 spiro atoms. The lowest BCUT2D eigenvalue weighted by Gasteiger charge is -2.10. The molecule has 1 amide bonds. The van der Waals surface area contributed by atoms with E-state index in [0.29, 0.717) is 24.5 Å². The zero-order valence-corrected chi connectivity index (χ0v) is 13.7. The number of alkyl halides is 2. The summed E-state index contributed by atoms with van der Waals surface area (Å²) in [5, 5.41) is 6.17. The molecule has 0 radical (unpaired) electrons. The highest BCUT2D eigenvalue weighted by Crippen LogP contribution is 2.29. The monoisotopic (exact) mass is 352 g/mol. The van der Waals surface area contributed by atoms with Gasteiger partial charge in [-0.15, -0.1) is 12.4 Å². The van der Waals surface area contributed by atoms with Crippen molar-refractivity contribution in [3.63, 3.8) is 0 Å². The Balaban J connectivity index is 0.00000242. The van der Waals surface area contributed by atoms with Crippen molar-refractivity contribution in [3.8, 4) is 0 Å². The van der Waals surface area contributed by atoms with Crippen molar-refractivity contribution in [1.29, 1.82) is 0 Å². The van der Waals surface area contributed by atoms with E-state index < -0.39 is 6.43 Å². The van der Waals surface area contributed by atoms with E-state index in [0.717, 1.165) is 24.0 Å². The predicted octanol–water partition coefficient (Wildman–Crippen LogP) is 3.19. The van der Waals surface area contributed by atoms with Crippen LogP contribution in [0.2, 0.25) is 5.02 Å². The van der Waals surface area contributed by atoms with Crippen LogP contribution in [0.5, 0.6) is 0 Å². The van der Waals surface area contributed by atoms with Gasteiger partial charge in [-0.3, -0.25) is 4.79 Å². The summed E-state index contributed by atoms with van der Waals surface area (Å²) in [7, 11) is 0. The molecule has 7 heteroatoms. The van der Waals surface area contributed by atoms with Crippen LogP contribution in [0.1, 0.15) is 24.0 Å². The first kappa shape index (κ1) is 19.1. The topological polar surface area (TPSA) is 41.1 Å². The Morgan fingerprint density at radius 3 is 2.73 bits per heavy atom. The maximum atomic E-state index is 12.0. The van der Waals surface area contributed by atoms with E-state index in [1.165, 1.54) is 0 Å². The molecule has 1 fully saturated rings. The highest BCUT2D eigenvalue weighted by atomic mass is 35.5. The summed E-state index contributed by atoms with van der Waals surface area (Å²) in [5.74, 6) is 0.251. The fourth-order valence-electron chi connectivity index (χ4n) is 2.04. The van der Waals surface area contributed by atoms with Gasteiger partial charge in [-0.2, -0.15) is 0 Å². The molecule has 2 N–H and O–H groups in total. The lowest BCUT2D eigenvalue weighted by Crippen LogP contribution is -2.25. The summed E-state index contributed by atoms with van der Waals surface area (Å²) >= 11 is 6.11. The maximum absolute atomic E-state index is 12.0. The first-order valence-electron chi connectivity index (χ1n) is 7.10. The molecule has 2 rings (SSSR count). The third kappa shape index (κ3) is 6.46. The Morgan fingerprint density at radius 1 is 1.36 bits per heavy atom. The van der Waals surface area contributed by atoms with E-state index in [1.54, 1.807) is 6.07 Å². The van der Waals surface area contributed by atoms with E-state index in [4.69, 9.17) is 11.6 Å². The highest BCUT2D eigenvalue weighted by molar-refractivity contribution is 6.31. The van der Waals surface area contributed by atoms with E-state index in [2.05, 4.69) is 10.6 Å². The number of amides is 1. The lowest BCUT2D eigenvalue weighted by molar-refractivity contribution is -0.122. The number of carbonyl (C=O) groups is 1. The summed E-state index contributed by atoms with van der Waals surface area (Å²) in [6, 6.07) is 5.57.